The summed E-state index contributed by atoms with van der Waals surface area (Å²) in [6.45, 7) is 0.670. The lowest BCUT2D eigenvalue weighted by molar-refractivity contribution is -0.121. The number of nitrogens with one attached hydrogen (secondary N) is 1. The molecule has 3 nitrogen and oxygen atoms in total. The third-order valence-electron chi connectivity index (χ3n) is 3.19. The van der Waals surface area contributed by atoms with Crippen molar-refractivity contribution in [2.75, 3.05) is 12.3 Å². The third kappa shape index (κ3) is 2.23. The van der Waals surface area contributed by atoms with Crippen molar-refractivity contribution in [2.24, 2.45) is 5.73 Å². The van der Waals surface area contributed by atoms with Gasteiger partial charge in [0.25, 0.3) is 0 Å². The van der Waals surface area contributed by atoms with Gasteiger partial charge in [-0.25, -0.2) is 0 Å². The number of rotatable bonds is 3. The predicted octanol–water partition coefficient (Wildman–Crippen LogP) is 0.880. The molecule has 1 saturated heterocycles. The van der Waals surface area contributed by atoms with Crippen LogP contribution < -0.4 is 11.1 Å². The Kier molecular flexibility index (Phi) is 3.02. The van der Waals surface area contributed by atoms with Gasteiger partial charge in [0.15, 0.2) is 0 Å². The van der Waals surface area contributed by atoms with Crippen LogP contribution in [0.3, 0.4) is 0 Å². The number of hydrogen-bond acceptors (Lipinski definition) is 3. The predicted molar refractivity (Wildman–Crippen MR) is 59.3 cm³/mol. The Balaban J connectivity index is 1.71. The SMILES string of the molecule is NC1(CNC(=O)C2CCCS2)CCC1. The highest BCUT2D eigenvalue weighted by Gasteiger charge is 2.33. The molecule has 1 unspecified atom stereocenters. The van der Waals surface area contributed by atoms with Crippen molar-refractivity contribution in [3.8, 4) is 0 Å². The van der Waals surface area contributed by atoms with Crippen molar-refractivity contribution in [3.63, 3.8) is 0 Å². The normalized spacial score (nSPS) is 29.6. The molecule has 1 aliphatic heterocycles. The number of hydrogen-bond donors (Lipinski definition) is 2. The average molecular weight is 214 g/mol. The second-order valence-electron chi connectivity index (χ2n) is 4.44. The Bertz CT molecular complexity index is 222. The molecule has 0 bridgehead atoms. The monoisotopic (exact) mass is 214 g/mol. The van der Waals surface area contributed by atoms with Crippen molar-refractivity contribution < 1.29 is 4.79 Å². The maximum Gasteiger partial charge on any atom is 0.233 e. The Morgan fingerprint density at radius 2 is 2.29 bits per heavy atom. The zero-order valence-electron chi connectivity index (χ0n) is 8.42. The highest BCUT2D eigenvalue weighted by atomic mass is 32.2. The second-order valence-corrected chi connectivity index (χ2v) is 5.75. The molecule has 0 aromatic rings. The lowest BCUT2D eigenvalue weighted by atomic mass is 9.78. The molecule has 0 spiro atoms. The Morgan fingerprint density at radius 3 is 2.79 bits per heavy atom. The van der Waals surface area contributed by atoms with E-state index in [1.807, 2.05) is 0 Å². The zero-order chi connectivity index (χ0) is 10.0. The van der Waals surface area contributed by atoms with Crippen LogP contribution in [-0.2, 0) is 4.79 Å². The van der Waals surface area contributed by atoms with Crippen molar-refractivity contribution in [3.05, 3.63) is 0 Å². The van der Waals surface area contributed by atoms with Crippen LogP contribution in [0.15, 0.2) is 0 Å². The summed E-state index contributed by atoms with van der Waals surface area (Å²) in [6, 6.07) is 0. The van der Waals surface area contributed by atoms with Crippen molar-refractivity contribution in [1.29, 1.82) is 0 Å². The standard InChI is InChI=1S/C10H18N2OS/c11-10(4-2-5-10)7-12-9(13)8-3-1-6-14-8/h8H,1-7,11H2,(H,12,13). The van der Waals surface area contributed by atoms with Crippen LogP contribution in [0.5, 0.6) is 0 Å². The number of thioether (sulfide) groups is 1. The molecule has 1 saturated carbocycles. The van der Waals surface area contributed by atoms with Gasteiger partial charge >= 0.3 is 0 Å². The minimum Gasteiger partial charge on any atom is -0.353 e. The highest BCUT2D eigenvalue weighted by Crippen LogP contribution is 2.29. The van der Waals surface area contributed by atoms with E-state index in [4.69, 9.17) is 5.73 Å². The second kappa shape index (κ2) is 4.11. The van der Waals surface area contributed by atoms with Crippen LogP contribution in [0.2, 0.25) is 0 Å². The molecule has 1 amide bonds. The summed E-state index contributed by atoms with van der Waals surface area (Å²) in [4.78, 5) is 11.6. The highest BCUT2D eigenvalue weighted by molar-refractivity contribution is 8.00. The van der Waals surface area contributed by atoms with E-state index in [0.717, 1.165) is 25.0 Å². The van der Waals surface area contributed by atoms with Crippen LogP contribution in [-0.4, -0.2) is 29.0 Å². The summed E-state index contributed by atoms with van der Waals surface area (Å²) in [5, 5.41) is 3.18. The van der Waals surface area contributed by atoms with Crippen LogP contribution in [0.4, 0.5) is 0 Å². The van der Waals surface area contributed by atoms with Gasteiger partial charge in [-0.2, -0.15) is 0 Å². The molecule has 3 N–H and O–H groups in total. The van der Waals surface area contributed by atoms with Crippen LogP contribution in [0, 0.1) is 0 Å². The van der Waals surface area contributed by atoms with Gasteiger partial charge in [0, 0.05) is 12.1 Å². The maximum absolute atomic E-state index is 11.6. The van der Waals surface area contributed by atoms with Crippen LogP contribution in [0.1, 0.15) is 32.1 Å². The fourth-order valence-electron chi connectivity index (χ4n) is 1.97. The largest absolute Gasteiger partial charge is 0.353 e. The quantitative estimate of drug-likeness (QED) is 0.733. The van der Waals surface area contributed by atoms with Gasteiger partial charge in [0.2, 0.25) is 5.91 Å². The fraction of sp³-hybridized carbons (Fsp3) is 0.900. The Hall–Kier alpha value is -0.220. The van der Waals surface area contributed by atoms with Gasteiger partial charge in [-0.1, -0.05) is 0 Å². The zero-order valence-corrected chi connectivity index (χ0v) is 9.24. The van der Waals surface area contributed by atoms with Crippen molar-refractivity contribution >= 4 is 17.7 Å². The molecular formula is C10H18N2OS. The lowest BCUT2D eigenvalue weighted by Gasteiger charge is -2.38. The van der Waals surface area contributed by atoms with Gasteiger partial charge in [-0.05, 0) is 37.9 Å². The molecule has 1 heterocycles. The van der Waals surface area contributed by atoms with Crippen LogP contribution >= 0.6 is 11.8 Å². The first-order valence-corrected chi connectivity index (χ1v) is 6.43. The minimum atomic E-state index is -0.0844. The summed E-state index contributed by atoms with van der Waals surface area (Å²) < 4.78 is 0. The summed E-state index contributed by atoms with van der Waals surface area (Å²) in [5.41, 5.74) is 5.94. The molecule has 2 fully saturated rings. The molecule has 2 rings (SSSR count). The van der Waals surface area contributed by atoms with E-state index < -0.39 is 0 Å². The first kappa shape index (κ1) is 10.3. The van der Waals surface area contributed by atoms with E-state index in [1.54, 1.807) is 11.8 Å². The first-order chi connectivity index (χ1) is 6.70. The molecule has 0 aromatic carbocycles. The summed E-state index contributed by atoms with van der Waals surface area (Å²) in [5.74, 6) is 1.33. The number of nitrogens with two attached hydrogens (primary N) is 1. The smallest absolute Gasteiger partial charge is 0.233 e. The molecule has 14 heavy (non-hydrogen) atoms. The van der Waals surface area contributed by atoms with E-state index in [-0.39, 0.29) is 16.7 Å². The molecular weight excluding hydrogens is 196 g/mol. The molecule has 80 valence electrons. The minimum absolute atomic E-state index is 0.0844. The Morgan fingerprint density at radius 1 is 1.50 bits per heavy atom. The van der Waals surface area contributed by atoms with Gasteiger partial charge in [0.05, 0.1) is 5.25 Å². The average Bonchev–Trinajstić information content (AvgIpc) is 2.63. The topological polar surface area (TPSA) is 55.1 Å². The number of carbonyl (C=O) groups is 1. The van der Waals surface area contributed by atoms with Gasteiger partial charge in [-0.15, -0.1) is 11.8 Å². The van der Waals surface area contributed by atoms with Gasteiger partial charge in [-0.3, -0.25) is 4.79 Å². The molecule has 1 aliphatic carbocycles. The van der Waals surface area contributed by atoms with Crippen molar-refractivity contribution in [1.82, 2.24) is 5.32 Å². The van der Waals surface area contributed by atoms with Gasteiger partial charge < -0.3 is 11.1 Å². The first-order valence-electron chi connectivity index (χ1n) is 5.38. The van der Waals surface area contributed by atoms with Crippen molar-refractivity contribution in [2.45, 2.75) is 42.9 Å². The van der Waals surface area contributed by atoms with E-state index in [2.05, 4.69) is 5.32 Å². The molecule has 1 atom stereocenters. The molecule has 0 aromatic heterocycles. The van der Waals surface area contributed by atoms with Gasteiger partial charge in [0.1, 0.15) is 0 Å². The maximum atomic E-state index is 11.6. The summed E-state index contributed by atoms with van der Waals surface area (Å²) >= 11 is 1.77. The third-order valence-corrected chi connectivity index (χ3v) is 4.56. The van der Waals surface area contributed by atoms with E-state index >= 15 is 0 Å². The summed E-state index contributed by atoms with van der Waals surface area (Å²) in [6.07, 6.45) is 5.55. The van der Waals surface area contributed by atoms with Crippen LogP contribution in [0.25, 0.3) is 0 Å². The summed E-state index contributed by atoms with van der Waals surface area (Å²) in [7, 11) is 0. The molecule has 0 radical (unpaired) electrons. The van der Waals surface area contributed by atoms with E-state index in [9.17, 15) is 4.79 Å². The molecule has 4 heteroatoms. The Labute approximate surface area is 89.2 Å². The fourth-order valence-corrected chi connectivity index (χ4v) is 3.15. The number of carbonyl (C=O) groups excluding carboxylic acids is 1. The van der Waals surface area contributed by atoms with E-state index in [1.165, 1.54) is 12.8 Å². The lowest BCUT2D eigenvalue weighted by Crippen LogP contribution is -2.55. The molecule has 2 aliphatic rings. The number of amides is 1. The van der Waals surface area contributed by atoms with E-state index in [0.29, 0.717) is 6.54 Å².